The van der Waals surface area contributed by atoms with Crippen molar-refractivity contribution in [1.82, 2.24) is 15.0 Å². The van der Waals surface area contributed by atoms with Gasteiger partial charge in [-0.1, -0.05) is 127 Å². The third kappa shape index (κ3) is 4.51. The van der Waals surface area contributed by atoms with E-state index in [4.69, 9.17) is 15.0 Å². The molecule has 0 spiro atoms. The second kappa shape index (κ2) is 10.9. The van der Waals surface area contributed by atoms with E-state index in [1.165, 1.54) is 56.7 Å². The Bertz CT molecular complexity index is 2710. The van der Waals surface area contributed by atoms with E-state index in [0.29, 0.717) is 17.5 Å². The standard InChI is InChI=1S/C43H25N3S2/c1-2-10-31-26(8-1)9-7-13-32(31)27-16-18-28(19-17-27)41-44-42(29-20-22-35-33-11-3-5-14-37(33)47-39(35)24-29)46-43(45-41)30-21-23-36-34-12-4-6-15-38(34)48-40(36)25-30/h1-25H. The Morgan fingerprint density at radius 3 is 1.35 bits per heavy atom. The van der Waals surface area contributed by atoms with Crippen LogP contribution in [0.25, 0.3) is 96.4 Å². The van der Waals surface area contributed by atoms with Crippen molar-refractivity contribution in [1.29, 1.82) is 0 Å². The summed E-state index contributed by atoms with van der Waals surface area (Å²) >= 11 is 3.61. The maximum Gasteiger partial charge on any atom is 0.164 e. The van der Waals surface area contributed by atoms with E-state index in [0.717, 1.165) is 22.3 Å². The Labute approximate surface area is 284 Å². The molecule has 0 aliphatic rings. The van der Waals surface area contributed by atoms with Crippen molar-refractivity contribution in [2.75, 3.05) is 0 Å². The van der Waals surface area contributed by atoms with Crippen molar-refractivity contribution in [3.05, 3.63) is 152 Å². The second-order valence-electron chi connectivity index (χ2n) is 12.0. The molecule has 0 saturated carbocycles. The van der Waals surface area contributed by atoms with Gasteiger partial charge in [0.2, 0.25) is 0 Å². The van der Waals surface area contributed by atoms with Crippen molar-refractivity contribution >= 4 is 73.8 Å². The molecule has 10 aromatic rings. The van der Waals surface area contributed by atoms with E-state index in [2.05, 4.69) is 152 Å². The number of hydrogen-bond donors (Lipinski definition) is 0. The summed E-state index contributed by atoms with van der Waals surface area (Å²) in [6.45, 7) is 0. The Morgan fingerprint density at radius 2 is 0.750 bits per heavy atom. The first-order chi connectivity index (χ1) is 23.7. The fourth-order valence-electron chi connectivity index (χ4n) is 6.77. The van der Waals surface area contributed by atoms with Crippen LogP contribution in [0.4, 0.5) is 0 Å². The number of thiophene rings is 2. The monoisotopic (exact) mass is 647 g/mol. The molecule has 0 bridgehead atoms. The third-order valence-electron chi connectivity index (χ3n) is 9.15. The molecule has 0 saturated heterocycles. The molecule has 7 aromatic carbocycles. The first-order valence-corrected chi connectivity index (χ1v) is 17.6. The zero-order chi connectivity index (χ0) is 31.6. The Morgan fingerprint density at radius 1 is 0.312 bits per heavy atom. The van der Waals surface area contributed by atoms with Crippen LogP contribution >= 0.6 is 22.7 Å². The molecule has 0 amide bonds. The van der Waals surface area contributed by atoms with Crippen LogP contribution in [-0.4, -0.2) is 15.0 Å². The van der Waals surface area contributed by atoms with Crippen molar-refractivity contribution in [3.63, 3.8) is 0 Å². The summed E-state index contributed by atoms with van der Waals surface area (Å²) in [4.78, 5) is 15.3. The predicted octanol–water partition coefficient (Wildman–Crippen LogP) is 12.4. The van der Waals surface area contributed by atoms with E-state index in [1.807, 2.05) is 0 Å². The molecule has 5 heteroatoms. The Balaban J connectivity index is 1.13. The highest BCUT2D eigenvalue weighted by molar-refractivity contribution is 7.26. The average molecular weight is 648 g/mol. The summed E-state index contributed by atoms with van der Waals surface area (Å²) < 4.78 is 5.01. The number of hydrogen-bond acceptors (Lipinski definition) is 5. The quantitative estimate of drug-likeness (QED) is 0.191. The summed E-state index contributed by atoms with van der Waals surface area (Å²) in [7, 11) is 0. The smallest absolute Gasteiger partial charge is 0.164 e. The van der Waals surface area contributed by atoms with Crippen LogP contribution < -0.4 is 0 Å². The van der Waals surface area contributed by atoms with Gasteiger partial charge in [-0.3, -0.25) is 0 Å². The fourth-order valence-corrected chi connectivity index (χ4v) is 9.06. The van der Waals surface area contributed by atoms with Gasteiger partial charge in [-0.25, -0.2) is 15.0 Å². The summed E-state index contributed by atoms with van der Waals surface area (Å²) in [6, 6.07) is 53.9. The lowest BCUT2D eigenvalue weighted by Crippen LogP contribution is -2.00. The summed E-state index contributed by atoms with van der Waals surface area (Å²) in [5.41, 5.74) is 5.29. The van der Waals surface area contributed by atoms with E-state index >= 15 is 0 Å². The molecule has 0 fully saturated rings. The molecule has 48 heavy (non-hydrogen) atoms. The first-order valence-electron chi connectivity index (χ1n) is 15.9. The maximum atomic E-state index is 5.11. The van der Waals surface area contributed by atoms with Crippen LogP contribution in [0.15, 0.2) is 152 Å². The highest BCUT2D eigenvalue weighted by Crippen LogP contribution is 2.38. The largest absolute Gasteiger partial charge is 0.208 e. The molecule has 0 aliphatic carbocycles. The zero-order valence-corrected chi connectivity index (χ0v) is 27.2. The van der Waals surface area contributed by atoms with Gasteiger partial charge in [-0.05, 0) is 46.2 Å². The topological polar surface area (TPSA) is 38.7 Å². The maximum absolute atomic E-state index is 5.11. The zero-order valence-electron chi connectivity index (χ0n) is 25.6. The van der Waals surface area contributed by atoms with E-state index < -0.39 is 0 Å². The third-order valence-corrected chi connectivity index (χ3v) is 11.4. The van der Waals surface area contributed by atoms with Crippen LogP contribution in [-0.2, 0) is 0 Å². The molecule has 0 aliphatic heterocycles. The van der Waals surface area contributed by atoms with Crippen LogP contribution in [0.1, 0.15) is 0 Å². The molecule has 0 atom stereocenters. The van der Waals surface area contributed by atoms with Crippen LogP contribution in [0.2, 0.25) is 0 Å². The molecule has 3 nitrogen and oxygen atoms in total. The Hall–Kier alpha value is -5.75. The molecule has 0 unspecified atom stereocenters. The van der Waals surface area contributed by atoms with Gasteiger partial charge in [-0.2, -0.15) is 0 Å². The highest BCUT2D eigenvalue weighted by Gasteiger charge is 2.16. The van der Waals surface area contributed by atoms with Gasteiger partial charge in [0.05, 0.1) is 0 Å². The van der Waals surface area contributed by atoms with Crippen molar-refractivity contribution in [2.45, 2.75) is 0 Å². The predicted molar refractivity (Wildman–Crippen MR) is 205 cm³/mol. The molecule has 3 heterocycles. The van der Waals surface area contributed by atoms with Gasteiger partial charge in [0.25, 0.3) is 0 Å². The second-order valence-corrected chi connectivity index (χ2v) is 14.2. The minimum Gasteiger partial charge on any atom is -0.208 e. The van der Waals surface area contributed by atoms with Crippen LogP contribution in [0.5, 0.6) is 0 Å². The lowest BCUT2D eigenvalue weighted by atomic mass is 9.97. The number of nitrogens with zero attached hydrogens (tertiary/aromatic N) is 3. The van der Waals surface area contributed by atoms with Gasteiger partial charge >= 0.3 is 0 Å². The van der Waals surface area contributed by atoms with Crippen molar-refractivity contribution in [3.8, 4) is 45.3 Å². The molecule has 10 rings (SSSR count). The summed E-state index contributed by atoms with van der Waals surface area (Å²) in [5.74, 6) is 2.00. The van der Waals surface area contributed by atoms with Crippen LogP contribution in [0, 0.1) is 0 Å². The number of aromatic nitrogens is 3. The van der Waals surface area contributed by atoms with Gasteiger partial charge in [0, 0.05) is 57.0 Å². The van der Waals surface area contributed by atoms with Crippen LogP contribution in [0.3, 0.4) is 0 Å². The lowest BCUT2D eigenvalue weighted by Gasteiger charge is -2.10. The van der Waals surface area contributed by atoms with Gasteiger partial charge in [0.1, 0.15) is 0 Å². The lowest BCUT2D eigenvalue weighted by molar-refractivity contribution is 1.08. The molecular formula is C43H25N3S2. The fraction of sp³-hybridized carbons (Fsp3) is 0. The highest BCUT2D eigenvalue weighted by atomic mass is 32.1. The Kier molecular flexibility index (Phi) is 6.22. The average Bonchev–Trinajstić information content (AvgIpc) is 3.72. The van der Waals surface area contributed by atoms with Gasteiger partial charge in [0.15, 0.2) is 17.5 Å². The van der Waals surface area contributed by atoms with E-state index in [1.54, 1.807) is 22.7 Å². The molecule has 0 radical (unpaired) electrons. The number of benzene rings is 7. The minimum absolute atomic E-state index is 0.660. The molecule has 3 aromatic heterocycles. The first kappa shape index (κ1) is 27.4. The number of rotatable bonds is 4. The SMILES string of the molecule is c1ccc2c(-c3ccc(-c4nc(-c5ccc6c(c5)sc5ccccc56)nc(-c5ccc6c(c5)sc5ccccc56)n4)cc3)cccc2c1. The van der Waals surface area contributed by atoms with Crippen molar-refractivity contribution < 1.29 is 0 Å². The van der Waals surface area contributed by atoms with Crippen molar-refractivity contribution in [2.24, 2.45) is 0 Å². The van der Waals surface area contributed by atoms with Gasteiger partial charge < -0.3 is 0 Å². The summed E-state index contributed by atoms with van der Waals surface area (Å²) in [5, 5.41) is 7.55. The summed E-state index contributed by atoms with van der Waals surface area (Å²) in [6.07, 6.45) is 0. The normalized spacial score (nSPS) is 11.8. The minimum atomic E-state index is 0.660. The van der Waals surface area contributed by atoms with E-state index in [9.17, 15) is 0 Å². The van der Waals surface area contributed by atoms with E-state index in [-0.39, 0.29) is 0 Å². The number of fused-ring (bicyclic) bond motifs is 7. The molecule has 224 valence electrons. The van der Waals surface area contributed by atoms with Gasteiger partial charge in [-0.15, -0.1) is 22.7 Å². The molecular weight excluding hydrogens is 623 g/mol. The molecule has 0 N–H and O–H groups in total.